The third-order valence-corrected chi connectivity index (χ3v) is 2.90. The first-order valence-electron chi connectivity index (χ1n) is 6.55. The van der Waals surface area contributed by atoms with E-state index < -0.39 is 0 Å². The number of hydrogen-bond acceptors (Lipinski definition) is 4. The third-order valence-electron chi connectivity index (χ3n) is 2.90. The number of nitrogen functional groups attached to an aromatic ring is 1. The maximum absolute atomic E-state index is 9.38. The molecule has 0 aliphatic heterocycles. The molecule has 0 amide bonds. The molecule has 2 aromatic rings. The van der Waals surface area contributed by atoms with Crippen LogP contribution in [0.15, 0.2) is 18.2 Å². The number of aromatic nitrogens is 2. The second-order valence-corrected chi connectivity index (χ2v) is 5.05. The van der Waals surface area contributed by atoms with Gasteiger partial charge in [0.05, 0.1) is 17.6 Å². The molecule has 2 rings (SSSR count). The summed E-state index contributed by atoms with van der Waals surface area (Å²) in [7, 11) is 0. The predicted octanol–water partition coefficient (Wildman–Crippen LogP) is 1.78. The van der Waals surface area contributed by atoms with Gasteiger partial charge in [-0.3, -0.25) is 0 Å². The number of aliphatic hydroxyl groups is 1. The lowest BCUT2D eigenvalue weighted by molar-refractivity contribution is 0.102. The van der Waals surface area contributed by atoms with Crippen LogP contribution in [-0.4, -0.2) is 27.9 Å². The van der Waals surface area contributed by atoms with Crippen LogP contribution in [0.25, 0.3) is 11.0 Å². The van der Waals surface area contributed by atoms with Gasteiger partial charge in [-0.2, -0.15) is 0 Å². The number of hydrogen-bond donors (Lipinski definition) is 2. The van der Waals surface area contributed by atoms with E-state index in [1.54, 1.807) is 0 Å². The summed E-state index contributed by atoms with van der Waals surface area (Å²) >= 11 is 0. The lowest BCUT2D eigenvalue weighted by Crippen LogP contribution is -2.11. The number of anilines is 1. The topological polar surface area (TPSA) is 73.3 Å². The van der Waals surface area contributed by atoms with Crippen molar-refractivity contribution in [2.45, 2.75) is 27.0 Å². The number of rotatable bonds is 6. The van der Waals surface area contributed by atoms with Crippen molar-refractivity contribution in [2.24, 2.45) is 5.92 Å². The zero-order chi connectivity index (χ0) is 13.8. The average Bonchev–Trinajstić information content (AvgIpc) is 2.71. The fourth-order valence-corrected chi connectivity index (χ4v) is 2.04. The normalized spacial score (nSPS) is 11.6. The van der Waals surface area contributed by atoms with Crippen LogP contribution in [0, 0.1) is 5.92 Å². The Morgan fingerprint density at radius 3 is 2.89 bits per heavy atom. The second-order valence-electron chi connectivity index (χ2n) is 5.05. The molecular formula is C14H21N3O2. The summed E-state index contributed by atoms with van der Waals surface area (Å²) in [4.78, 5) is 4.38. The molecule has 1 aromatic heterocycles. The minimum absolute atomic E-state index is 0.0846. The lowest BCUT2D eigenvalue weighted by Gasteiger charge is -2.10. The number of benzene rings is 1. The minimum atomic E-state index is -0.0846. The van der Waals surface area contributed by atoms with Crippen LogP contribution >= 0.6 is 0 Å². The molecule has 19 heavy (non-hydrogen) atoms. The summed E-state index contributed by atoms with van der Waals surface area (Å²) in [5.41, 5.74) is 8.21. The van der Waals surface area contributed by atoms with Gasteiger partial charge in [-0.05, 0) is 24.1 Å². The van der Waals surface area contributed by atoms with Gasteiger partial charge in [-0.15, -0.1) is 0 Å². The van der Waals surface area contributed by atoms with Crippen LogP contribution in [0.5, 0.6) is 0 Å². The molecule has 1 heterocycles. The van der Waals surface area contributed by atoms with E-state index in [1.807, 2.05) is 22.8 Å². The summed E-state index contributed by atoms with van der Waals surface area (Å²) in [6.45, 7) is 6.19. The van der Waals surface area contributed by atoms with Gasteiger partial charge in [0.25, 0.3) is 0 Å². The van der Waals surface area contributed by atoms with Crippen molar-refractivity contribution >= 4 is 16.7 Å². The lowest BCUT2D eigenvalue weighted by atomic mass is 10.2. The molecular weight excluding hydrogens is 242 g/mol. The van der Waals surface area contributed by atoms with Gasteiger partial charge >= 0.3 is 0 Å². The molecule has 0 saturated carbocycles. The Morgan fingerprint density at radius 1 is 1.42 bits per heavy atom. The second kappa shape index (κ2) is 6.04. The predicted molar refractivity (Wildman–Crippen MR) is 75.7 cm³/mol. The van der Waals surface area contributed by atoms with Crippen LogP contribution in [0.4, 0.5) is 5.69 Å². The standard InChI is InChI=1S/C14H21N3O2/c1-10(2)9-19-6-5-17-13-4-3-11(15)7-12(13)16-14(17)8-18/h3-4,7,10,18H,5-6,8-9,15H2,1-2H3. The van der Waals surface area contributed by atoms with Gasteiger partial charge in [-0.1, -0.05) is 13.8 Å². The molecule has 3 N–H and O–H groups in total. The smallest absolute Gasteiger partial charge is 0.135 e. The van der Waals surface area contributed by atoms with Gasteiger partial charge in [0.15, 0.2) is 0 Å². The van der Waals surface area contributed by atoms with Crippen molar-refractivity contribution in [3.63, 3.8) is 0 Å². The Morgan fingerprint density at radius 2 is 2.21 bits per heavy atom. The van der Waals surface area contributed by atoms with Gasteiger partial charge in [0, 0.05) is 18.8 Å². The van der Waals surface area contributed by atoms with E-state index in [4.69, 9.17) is 10.5 Å². The Labute approximate surface area is 113 Å². The summed E-state index contributed by atoms with van der Waals surface area (Å²) in [5, 5.41) is 9.38. The number of nitrogens with two attached hydrogens (primary N) is 1. The van der Waals surface area contributed by atoms with E-state index in [1.165, 1.54) is 0 Å². The summed E-state index contributed by atoms with van der Waals surface area (Å²) in [6.07, 6.45) is 0. The molecule has 0 spiro atoms. The van der Waals surface area contributed by atoms with E-state index in [0.29, 0.717) is 30.6 Å². The van der Waals surface area contributed by atoms with Crippen LogP contribution in [-0.2, 0) is 17.9 Å². The maximum atomic E-state index is 9.38. The highest BCUT2D eigenvalue weighted by Crippen LogP contribution is 2.19. The van der Waals surface area contributed by atoms with Crippen molar-refractivity contribution in [3.05, 3.63) is 24.0 Å². The Bertz CT molecular complexity index is 549. The Balaban J connectivity index is 2.16. The monoisotopic (exact) mass is 263 g/mol. The van der Waals surface area contributed by atoms with Gasteiger partial charge < -0.3 is 20.1 Å². The molecule has 5 nitrogen and oxygen atoms in total. The van der Waals surface area contributed by atoms with Crippen molar-refractivity contribution in [1.82, 2.24) is 9.55 Å². The van der Waals surface area contributed by atoms with Crippen molar-refractivity contribution in [1.29, 1.82) is 0 Å². The number of fused-ring (bicyclic) bond motifs is 1. The molecule has 0 radical (unpaired) electrons. The molecule has 0 bridgehead atoms. The van der Waals surface area contributed by atoms with Crippen LogP contribution < -0.4 is 5.73 Å². The van der Waals surface area contributed by atoms with Crippen molar-refractivity contribution in [3.8, 4) is 0 Å². The van der Waals surface area contributed by atoms with Crippen LogP contribution in [0.2, 0.25) is 0 Å². The first-order valence-corrected chi connectivity index (χ1v) is 6.55. The fourth-order valence-electron chi connectivity index (χ4n) is 2.04. The number of ether oxygens (including phenoxy) is 1. The largest absolute Gasteiger partial charge is 0.399 e. The van der Waals surface area contributed by atoms with E-state index in [-0.39, 0.29) is 6.61 Å². The first kappa shape index (κ1) is 13.8. The molecule has 0 atom stereocenters. The molecule has 1 aromatic carbocycles. The van der Waals surface area contributed by atoms with E-state index in [9.17, 15) is 5.11 Å². The zero-order valence-corrected chi connectivity index (χ0v) is 11.5. The van der Waals surface area contributed by atoms with Crippen LogP contribution in [0.1, 0.15) is 19.7 Å². The summed E-state index contributed by atoms with van der Waals surface area (Å²) in [6, 6.07) is 5.59. The third kappa shape index (κ3) is 3.24. The highest BCUT2D eigenvalue weighted by Gasteiger charge is 2.10. The molecule has 5 heteroatoms. The summed E-state index contributed by atoms with van der Waals surface area (Å²) < 4.78 is 7.57. The van der Waals surface area contributed by atoms with Crippen molar-refractivity contribution < 1.29 is 9.84 Å². The van der Waals surface area contributed by atoms with Gasteiger partial charge in [0.2, 0.25) is 0 Å². The molecule has 0 unspecified atom stereocenters. The highest BCUT2D eigenvalue weighted by molar-refractivity contribution is 5.79. The molecule has 0 fully saturated rings. The Hall–Kier alpha value is -1.59. The highest BCUT2D eigenvalue weighted by atomic mass is 16.5. The number of aliphatic hydroxyl groups excluding tert-OH is 1. The molecule has 0 aliphatic rings. The van der Waals surface area contributed by atoms with Crippen LogP contribution in [0.3, 0.4) is 0 Å². The first-order chi connectivity index (χ1) is 9.11. The van der Waals surface area contributed by atoms with E-state index in [0.717, 1.165) is 17.6 Å². The molecule has 0 aliphatic carbocycles. The Kier molecular flexibility index (Phi) is 4.39. The molecule has 104 valence electrons. The average molecular weight is 263 g/mol. The summed E-state index contributed by atoms with van der Waals surface area (Å²) in [5.74, 6) is 1.17. The van der Waals surface area contributed by atoms with E-state index >= 15 is 0 Å². The number of imidazole rings is 1. The molecule has 0 saturated heterocycles. The SMILES string of the molecule is CC(C)COCCn1c(CO)nc2cc(N)ccc21. The fraction of sp³-hybridized carbons (Fsp3) is 0.500. The number of nitrogens with zero attached hydrogens (tertiary/aromatic N) is 2. The van der Waals surface area contributed by atoms with Gasteiger partial charge in [-0.25, -0.2) is 4.98 Å². The van der Waals surface area contributed by atoms with Crippen molar-refractivity contribution in [2.75, 3.05) is 18.9 Å². The minimum Gasteiger partial charge on any atom is -0.399 e. The zero-order valence-electron chi connectivity index (χ0n) is 11.5. The quantitative estimate of drug-likeness (QED) is 0.615. The van der Waals surface area contributed by atoms with E-state index in [2.05, 4.69) is 18.8 Å². The maximum Gasteiger partial charge on any atom is 0.135 e. The van der Waals surface area contributed by atoms with Gasteiger partial charge in [0.1, 0.15) is 12.4 Å².